The van der Waals surface area contributed by atoms with Gasteiger partial charge in [0.15, 0.2) is 17.3 Å². The van der Waals surface area contributed by atoms with Gasteiger partial charge in [-0.15, -0.1) is 0 Å². The molecule has 0 radical (unpaired) electrons. The van der Waals surface area contributed by atoms with Gasteiger partial charge in [0.1, 0.15) is 5.52 Å². The number of methoxy groups -OCH3 is 1. The van der Waals surface area contributed by atoms with E-state index >= 15 is 0 Å². The predicted molar refractivity (Wildman–Crippen MR) is 135 cm³/mol. The molecule has 5 rings (SSSR count). The van der Waals surface area contributed by atoms with Crippen molar-refractivity contribution in [2.75, 3.05) is 32.1 Å². The minimum absolute atomic E-state index is 0.186. The molecule has 0 bridgehead atoms. The fourth-order valence-corrected chi connectivity index (χ4v) is 4.36. The van der Waals surface area contributed by atoms with E-state index in [1.165, 1.54) is 19.2 Å². The number of likely N-dealkylation sites (tertiary alicyclic amines) is 1. The number of benzene rings is 1. The molecule has 1 N–H and O–H groups in total. The van der Waals surface area contributed by atoms with Gasteiger partial charge < -0.3 is 19.5 Å². The van der Waals surface area contributed by atoms with Crippen LogP contribution in [-0.2, 0) is 17.5 Å². The highest BCUT2D eigenvalue weighted by atomic mass is 19.4. The van der Waals surface area contributed by atoms with Crippen LogP contribution in [-0.4, -0.2) is 62.1 Å². The van der Waals surface area contributed by atoms with Gasteiger partial charge >= 0.3 is 6.18 Å². The summed E-state index contributed by atoms with van der Waals surface area (Å²) in [7, 11) is 1.53. The predicted octanol–water partition coefficient (Wildman–Crippen LogP) is 4.39. The Morgan fingerprint density at radius 1 is 1.08 bits per heavy atom. The molecule has 1 aliphatic heterocycles. The first-order valence-corrected chi connectivity index (χ1v) is 12.2. The molecule has 1 amide bonds. The van der Waals surface area contributed by atoms with Crippen LogP contribution in [0.25, 0.3) is 22.6 Å². The summed E-state index contributed by atoms with van der Waals surface area (Å²) in [5.74, 6) is 1.58. The SMILES string of the molecule is COc1ccc(-c2nc(NCCCN3CCCC3=O)c3ncn(Cc4ccc(C(F)(F)F)cc4)c3n2)cn1. The van der Waals surface area contributed by atoms with Crippen LogP contribution in [0.4, 0.5) is 19.0 Å². The minimum Gasteiger partial charge on any atom is -0.481 e. The minimum atomic E-state index is -4.39. The number of ether oxygens (including phenoxy) is 1. The van der Waals surface area contributed by atoms with Gasteiger partial charge in [-0.05, 0) is 36.6 Å². The van der Waals surface area contributed by atoms with Crippen LogP contribution in [0.15, 0.2) is 48.9 Å². The fourth-order valence-electron chi connectivity index (χ4n) is 4.36. The van der Waals surface area contributed by atoms with Crippen molar-refractivity contribution in [2.45, 2.75) is 32.0 Å². The Morgan fingerprint density at radius 2 is 1.89 bits per heavy atom. The molecule has 1 aliphatic rings. The molecule has 0 unspecified atom stereocenters. The van der Waals surface area contributed by atoms with E-state index < -0.39 is 11.7 Å². The molecule has 1 aromatic carbocycles. The second-order valence-electron chi connectivity index (χ2n) is 8.99. The third-order valence-electron chi connectivity index (χ3n) is 6.37. The lowest BCUT2D eigenvalue weighted by Gasteiger charge is -2.15. The number of alkyl halides is 3. The van der Waals surface area contributed by atoms with E-state index in [1.54, 1.807) is 29.2 Å². The van der Waals surface area contributed by atoms with Crippen molar-refractivity contribution in [2.24, 2.45) is 0 Å². The van der Waals surface area contributed by atoms with Crippen molar-refractivity contribution in [1.82, 2.24) is 29.4 Å². The lowest BCUT2D eigenvalue weighted by molar-refractivity contribution is -0.137. The summed E-state index contributed by atoms with van der Waals surface area (Å²) in [6.45, 7) is 2.31. The number of hydrogen-bond acceptors (Lipinski definition) is 7. The highest BCUT2D eigenvalue weighted by Gasteiger charge is 2.30. The van der Waals surface area contributed by atoms with Crippen LogP contribution < -0.4 is 10.1 Å². The lowest BCUT2D eigenvalue weighted by atomic mass is 10.1. The molecule has 198 valence electrons. The lowest BCUT2D eigenvalue weighted by Crippen LogP contribution is -2.27. The number of imidazole rings is 1. The maximum Gasteiger partial charge on any atom is 0.416 e. The van der Waals surface area contributed by atoms with E-state index in [-0.39, 0.29) is 12.5 Å². The zero-order valence-electron chi connectivity index (χ0n) is 20.7. The van der Waals surface area contributed by atoms with Gasteiger partial charge in [0.25, 0.3) is 0 Å². The molecule has 0 spiro atoms. The summed E-state index contributed by atoms with van der Waals surface area (Å²) in [5.41, 5.74) is 1.71. The number of amides is 1. The molecule has 0 atom stereocenters. The van der Waals surface area contributed by atoms with E-state index in [0.717, 1.165) is 31.5 Å². The molecule has 12 heteroatoms. The van der Waals surface area contributed by atoms with Gasteiger partial charge in [0.2, 0.25) is 11.8 Å². The van der Waals surface area contributed by atoms with E-state index in [1.807, 2.05) is 4.90 Å². The maximum atomic E-state index is 13.0. The summed E-state index contributed by atoms with van der Waals surface area (Å²) in [6.07, 6.45) is 1.06. The Kier molecular flexibility index (Phi) is 7.12. The normalized spacial score (nSPS) is 13.9. The summed E-state index contributed by atoms with van der Waals surface area (Å²) < 4.78 is 45.8. The average molecular weight is 526 g/mol. The first kappa shape index (κ1) is 25.4. The Morgan fingerprint density at radius 3 is 2.55 bits per heavy atom. The molecule has 9 nitrogen and oxygen atoms in total. The fraction of sp³-hybridized carbons (Fsp3) is 0.346. The van der Waals surface area contributed by atoms with Gasteiger partial charge in [0, 0.05) is 43.9 Å². The van der Waals surface area contributed by atoms with Gasteiger partial charge in [-0.2, -0.15) is 13.2 Å². The largest absolute Gasteiger partial charge is 0.481 e. The van der Waals surface area contributed by atoms with Crippen molar-refractivity contribution < 1.29 is 22.7 Å². The number of rotatable bonds is 9. The van der Waals surface area contributed by atoms with Crippen molar-refractivity contribution in [3.8, 4) is 17.3 Å². The Bertz CT molecular complexity index is 1420. The zero-order chi connectivity index (χ0) is 26.7. The van der Waals surface area contributed by atoms with Crippen molar-refractivity contribution in [1.29, 1.82) is 0 Å². The first-order valence-electron chi connectivity index (χ1n) is 12.2. The second-order valence-corrected chi connectivity index (χ2v) is 8.99. The number of carbonyl (C=O) groups excluding carboxylic acids is 1. The molecular formula is C26H26F3N7O2. The molecule has 4 aromatic rings. The molecule has 3 aromatic heterocycles. The summed E-state index contributed by atoms with van der Waals surface area (Å²) >= 11 is 0. The number of hydrogen-bond donors (Lipinski definition) is 1. The quantitative estimate of drug-likeness (QED) is 0.324. The van der Waals surface area contributed by atoms with Gasteiger partial charge in [0.05, 0.1) is 25.5 Å². The highest BCUT2D eigenvalue weighted by Crippen LogP contribution is 2.30. The topological polar surface area (TPSA) is 98.1 Å². The molecule has 0 saturated carbocycles. The third-order valence-corrected chi connectivity index (χ3v) is 6.37. The van der Waals surface area contributed by atoms with Crippen LogP contribution in [0.2, 0.25) is 0 Å². The Labute approximate surface area is 216 Å². The van der Waals surface area contributed by atoms with E-state index in [4.69, 9.17) is 9.72 Å². The number of carbonyl (C=O) groups is 1. The van der Waals surface area contributed by atoms with Gasteiger partial charge in [-0.25, -0.2) is 19.9 Å². The van der Waals surface area contributed by atoms with Crippen molar-refractivity contribution in [3.63, 3.8) is 0 Å². The monoisotopic (exact) mass is 525 g/mol. The highest BCUT2D eigenvalue weighted by molar-refractivity contribution is 5.85. The van der Waals surface area contributed by atoms with E-state index in [9.17, 15) is 18.0 Å². The molecule has 1 saturated heterocycles. The number of anilines is 1. The van der Waals surface area contributed by atoms with Crippen molar-refractivity contribution >= 4 is 22.9 Å². The first-order chi connectivity index (χ1) is 18.3. The molecular weight excluding hydrogens is 499 g/mol. The smallest absolute Gasteiger partial charge is 0.416 e. The van der Waals surface area contributed by atoms with Crippen LogP contribution in [0.5, 0.6) is 5.88 Å². The van der Waals surface area contributed by atoms with Crippen LogP contribution in [0.3, 0.4) is 0 Å². The van der Waals surface area contributed by atoms with E-state index in [0.29, 0.717) is 59.3 Å². The van der Waals surface area contributed by atoms with Crippen LogP contribution in [0.1, 0.15) is 30.4 Å². The van der Waals surface area contributed by atoms with Crippen molar-refractivity contribution in [3.05, 3.63) is 60.0 Å². The number of fused-ring (bicyclic) bond motifs is 1. The molecule has 0 aliphatic carbocycles. The molecule has 4 heterocycles. The number of nitrogens with one attached hydrogen (secondary N) is 1. The Balaban J connectivity index is 1.42. The Hall–Kier alpha value is -4.22. The maximum absolute atomic E-state index is 13.0. The van der Waals surface area contributed by atoms with E-state index in [2.05, 4.69) is 20.3 Å². The number of halogens is 3. The number of pyridine rings is 1. The van der Waals surface area contributed by atoms with Crippen LogP contribution >= 0.6 is 0 Å². The summed E-state index contributed by atoms with van der Waals surface area (Å²) in [6, 6.07) is 8.53. The summed E-state index contributed by atoms with van der Waals surface area (Å²) in [4.78, 5) is 31.9. The van der Waals surface area contributed by atoms with Gasteiger partial charge in [-0.1, -0.05) is 12.1 Å². The standard InChI is InChI=1S/C26H26F3N7O2/c1-38-20-10-7-18(14-31-20)23-33-24(30-11-3-13-35-12-2-4-21(35)37)22-25(34-23)36(16-32-22)15-17-5-8-19(9-6-17)26(27,28)29/h5-10,14,16H,2-4,11-13,15H2,1H3,(H,30,33,34). The summed E-state index contributed by atoms with van der Waals surface area (Å²) in [5, 5.41) is 3.33. The number of aromatic nitrogens is 5. The van der Waals surface area contributed by atoms with Crippen LogP contribution in [0, 0.1) is 0 Å². The zero-order valence-corrected chi connectivity index (χ0v) is 20.7. The second kappa shape index (κ2) is 10.6. The molecule has 1 fully saturated rings. The average Bonchev–Trinajstić information content (AvgIpc) is 3.52. The third kappa shape index (κ3) is 5.53. The van der Waals surface area contributed by atoms with Gasteiger partial charge in [-0.3, -0.25) is 4.79 Å². The number of nitrogens with zero attached hydrogens (tertiary/aromatic N) is 6. The molecule has 38 heavy (non-hydrogen) atoms.